The van der Waals surface area contributed by atoms with Gasteiger partial charge in [0.15, 0.2) is 11.3 Å². The van der Waals surface area contributed by atoms with Crippen LogP contribution in [0.2, 0.25) is 0 Å². The Bertz CT molecular complexity index is 1720. The monoisotopic (exact) mass is 716 g/mol. The first-order valence-corrected chi connectivity index (χ1v) is 19.7. The maximum atomic E-state index is 10.2. The minimum atomic E-state index is -0.930. The average Bonchev–Trinajstić information content (AvgIpc) is 3.43. The molecular weight excluding hydrogens is 657 g/mol. The molecule has 2 unspecified atom stereocenters. The van der Waals surface area contributed by atoms with Crippen molar-refractivity contribution in [2.24, 2.45) is 11.8 Å². The number of rotatable bonds is 21. The Kier molecular flexibility index (Phi) is 17.3. The second-order valence-electron chi connectivity index (χ2n) is 14.3. The summed E-state index contributed by atoms with van der Waals surface area (Å²) in [6.07, 6.45) is 16.9. The number of nitrogens with zero attached hydrogens (tertiary/aromatic N) is 4. The molecule has 282 valence electrons. The van der Waals surface area contributed by atoms with Crippen LogP contribution in [0.1, 0.15) is 123 Å². The largest absolute Gasteiger partial charge is 0.493 e. The summed E-state index contributed by atoms with van der Waals surface area (Å²) in [5, 5.41) is 29.3. The Morgan fingerprint density at radius 3 is 1.70 bits per heavy atom. The summed E-state index contributed by atoms with van der Waals surface area (Å²) >= 11 is 0. The van der Waals surface area contributed by atoms with E-state index in [4.69, 9.17) is 14.2 Å². The molecule has 0 amide bonds. The molecule has 2 aromatic rings. The van der Waals surface area contributed by atoms with Crippen molar-refractivity contribution in [3.63, 3.8) is 0 Å². The summed E-state index contributed by atoms with van der Waals surface area (Å²) in [4.78, 5) is 2.33. The van der Waals surface area contributed by atoms with E-state index < -0.39 is 5.60 Å². The van der Waals surface area contributed by atoms with E-state index in [1.165, 1.54) is 12.1 Å². The first-order valence-electron chi connectivity index (χ1n) is 19.7. The minimum Gasteiger partial charge on any atom is -0.493 e. The highest BCUT2D eigenvalue weighted by atomic mass is 16.5. The van der Waals surface area contributed by atoms with Crippen molar-refractivity contribution in [3.8, 4) is 29.7 Å². The molecule has 0 saturated heterocycles. The smallest absolute Gasteiger partial charge is 0.172 e. The van der Waals surface area contributed by atoms with Gasteiger partial charge in [0.1, 0.15) is 40.9 Å². The van der Waals surface area contributed by atoms with Crippen LogP contribution in [0.4, 0.5) is 5.69 Å². The van der Waals surface area contributed by atoms with Crippen LogP contribution in [-0.4, -0.2) is 31.9 Å². The standard InChI is InChI=1S/C46H60N4O3/c1-9-15-17-34(11-3)32-51-43-28-38(23-26-42-41(31-49)45(39(29-47)30-48)53-46(42,7)8)44(52-33-35(12-4)18-16-10-2)27-37(43)22-19-36-20-24-40(25-21-36)50(13-5)14-6/h19-28,34-35H,9-18,32-33H2,1-8H3/b22-19+,26-23+. The number of anilines is 1. The van der Waals surface area contributed by atoms with Crippen molar-refractivity contribution in [2.75, 3.05) is 31.2 Å². The fraction of sp³-hybridized carbons (Fsp3) is 0.500. The van der Waals surface area contributed by atoms with E-state index in [1.807, 2.05) is 44.2 Å². The van der Waals surface area contributed by atoms with Gasteiger partial charge in [-0.2, -0.15) is 15.8 Å². The molecule has 0 bridgehead atoms. The normalized spacial score (nSPS) is 14.8. The summed E-state index contributed by atoms with van der Waals surface area (Å²) in [5.41, 5.74) is 3.66. The molecule has 7 heteroatoms. The van der Waals surface area contributed by atoms with Crippen molar-refractivity contribution in [1.29, 1.82) is 15.8 Å². The summed E-state index contributed by atoms with van der Waals surface area (Å²) in [6, 6.07) is 18.7. The number of ether oxygens (including phenoxy) is 3. The van der Waals surface area contributed by atoms with Crippen molar-refractivity contribution in [1.82, 2.24) is 0 Å². The van der Waals surface area contributed by atoms with Crippen LogP contribution in [0.5, 0.6) is 11.5 Å². The molecule has 1 aliphatic rings. The van der Waals surface area contributed by atoms with Gasteiger partial charge in [0.2, 0.25) is 0 Å². The Morgan fingerprint density at radius 1 is 0.755 bits per heavy atom. The topological polar surface area (TPSA) is 102 Å². The summed E-state index contributed by atoms with van der Waals surface area (Å²) < 4.78 is 19.4. The van der Waals surface area contributed by atoms with E-state index in [9.17, 15) is 15.8 Å². The zero-order valence-electron chi connectivity index (χ0n) is 33.4. The zero-order valence-corrected chi connectivity index (χ0v) is 33.4. The first-order chi connectivity index (χ1) is 25.6. The lowest BCUT2D eigenvalue weighted by Gasteiger charge is -2.22. The van der Waals surface area contributed by atoms with E-state index in [2.05, 4.69) is 95.0 Å². The van der Waals surface area contributed by atoms with Crippen LogP contribution in [0.3, 0.4) is 0 Å². The highest BCUT2D eigenvalue weighted by molar-refractivity contribution is 5.77. The van der Waals surface area contributed by atoms with Crippen LogP contribution >= 0.6 is 0 Å². The summed E-state index contributed by atoms with van der Waals surface area (Å²) in [7, 11) is 0. The van der Waals surface area contributed by atoms with Crippen LogP contribution in [0.15, 0.2) is 65.0 Å². The fourth-order valence-corrected chi connectivity index (χ4v) is 6.54. The third-order valence-electron chi connectivity index (χ3n) is 10.1. The molecule has 0 N–H and O–H groups in total. The van der Waals surface area contributed by atoms with Crippen LogP contribution in [0.25, 0.3) is 18.2 Å². The predicted molar refractivity (Wildman–Crippen MR) is 218 cm³/mol. The molecule has 0 radical (unpaired) electrons. The van der Waals surface area contributed by atoms with Crippen LogP contribution < -0.4 is 14.4 Å². The molecule has 2 aromatic carbocycles. The van der Waals surface area contributed by atoms with Gasteiger partial charge in [0.25, 0.3) is 0 Å². The van der Waals surface area contributed by atoms with Gasteiger partial charge >= 0.3 is 0 Å². The van der Waals surface area contributed by atoms with Gasteiger partial charge in [0.05, 0.1) is 13.2 Å². The van der Waals surface area contributed by atoms with Gasteiger partial charge in [-0.1, -0.05) is 103 Å². The predicted octanol–water partition coefficient (Wildman–Crippen LogP) is 11.8. The zero-order chi connectivity index (χ0) is 38.8. The molecule has 0 aromatic heterocycles. The Balaban J connectivity index is 2.18. The van der Waals surface area contributed by atoms with Gasteiger partial charge in [-0.25, -0.2) is 0 Å². The quantitative estimate of drug-likeness (QED) is 0.0935. The second-order valence-corrected chi connectivity index (χ2v) is 14.3. The maximum absolute atomic E-state index is 10.2. The van der Waals surface area contributed by atoms with E-state index >= 15 is 0 Å². The Labute approximate surface area is 319 Å². The first kappa shape index (κ1) is 42.5. The number of hydrogen-bond donors (Lipinski definition) is 0. The molecule has 2 atom stereocenters. The van der Waals surface area contributed by atoms with Gasteiger partial charge in [-0.3, -0.25) is 0 Å². The lowest BCUT2D eigenvalue weighted by atomic mass is 9.94. The van der Waals surface area contributed by atoms with Gasteiger partial charge in [-0.15, -0.1) is 0 Å². The lowest BCUT2D eigenvalue weighted by Crippen LogP contribution is -2.21. The third-order valence-corrected chi connectivity index (χ3v) is 10.1. The highest BCUT2D eigenvalue weighted by Crippen LogP contribution is 2.41. The molecule has 0 saturated carbocycles. The molecule has 0 aliphatic carbocycles. The van der Waals surface area contributed by atoms with E-state index in [0.29, 0.717) is 30.6 Å². The molecule has 0 fully saturated rings. The number of benzene rings is 2. The van der Waals surface area contributed by atoms with Crippen molar-refractivity contribution < 1.29 is 14.2 Å². The molecule has 1 aliphatic heterocycles. The molecular formula is C46H60N4O3. The van der Waals surface area contributed by atoms with Crippen molar-refractivity contribution in [3.05, 3.63) is 81.6 Å². The number of unbranched alkanes of at least 4 members (excludes halogenated alkanes) is 2. The second kappa shape index (κ2) is 21.6. The number of nitriles is 3. The third kappa shape index (κ3) is 11.8. The minimum absolute atomic E-state index is 0.0210. The van der Waals surface area contributed by atoms with Crippen molar-refractivity contribution >= 4 is 23.9 Å². The molecule has 0 spiro atoms. The fourth-order valence-electron chi connectivity index (χ4n) is 6.54. The number of allylic oxidation sites excluding steroid dienone is 2. The summed E-state index contributed by atoms with van der Waals surface area (Å²) in [5.74, 6) is 2.37. The molecule has 1 heterocycles. The van der Waals surface area contributed by atoms with Gasteiger partial charge in [0, 0.05) is 35.5 Å². The maximum Gasteiger partial charge on any atom is 0.172 e. The highest BCUT2D eigenvalue weighted by Gasteiger charge is 2.38. The van der Waals surface area contributed by atoms with Gasteiger partial charge in [-0.05, 0) is 82.2 Å². The SMILES string of the molecule is CCCCC(CC)COc1cc(/C=C/c2ccc(N(CC)CC)cc2)c(OCC(CC)CCCC)cc1/C=C/C1=C(C#N)C(=C(C#N)C#N)OC1(C)C. The van der Waals surface area contributed by atoms with E-state index in [0.717, 1.165) is 86.2 Å². The van der Waals surface area contributed by atoms with Crippen LogP contribution in [-0.2, 0) is 4.74 Å². The molecule has 53 heavy (non-hydrogen) atoms. The Morgan fingerprint density at radius 2 is 1.26 bits per heavy atom. The molecule has 7 nitrogen and oxygen atoms in total. The van der Waals surface area contributed by atoms with E-state index in [-0.39, 0.29) is 16.9 Å². The average molecular weight is 717 g/mol. The van der Waals surface area contributed by atoms with E-state index in [1.54, 1.807) is 0 Å². The van der Waals surface area contributed by atoms with Crippen LogP contribution in [0, 0.1) is 45.8 Å². The summed E-state index contributed by atoms with van der Waals surface area (Å²) in [6.45, 7) is 20.0. The lowest BCUT2D eigenvalue weighted by molar-refractivity contribution is 0.0954. The Hall–Kier alpha value is -4.93. The number of hydrogen-bond acceptors (Lipinski definition) is 7. The van der Waals surface area contributed by atoms with Gasteiger partial charge < -0.3 is 19.1 Å². The van der Waals surface area contributed by atoms with Crippen molar-refractivity contribution in [2.45, 2.75) is 112 Å². The molecule has 3 rings (SSSR count).